The first-order chi connectivity index (χ1) is 13.0. The molecule has 1 atom stereocenters. The highest BCUT2D eigenvalue weighted by molar-refractivity contribution is 7.98. The summed E-state index contributed by atoms with van der Waals surface area (Å²) in [5, 5.41) is 3.09. The molecule has 10 heteroatoms. The van der Waals surface area contributed by atoms with Crippen LogP contribution in [0.25, 0.3) is 10.4 Å². The van der Waals surface area contributed by atoms with Crippen molar-refractivity contribution in [3.8, 4) is 10.4 Å². The van der Waals surface area contributed by atoms with Gasteiger partial charge in [-0.3, -0.25) is 9.59 Å². The number of fused-ring (bicyclic) bond motifs is 1. The van der Waals surface area contributed by atoms with Gasteiger partial charge in [-0.2, -0.15) is 13.2 Å². The van der Waals surface area contributed by atoms with Crippen LogP contribution >= 0.6 is 23.1 Å². The van der Waals surface area contributed by atoms with E-state index in [1.54, 1.807) is 25.3 Å². The van der Waals surface area contributed by atoms with Crippen molar-refractivity contribution in [1.29, 1.82) is 0 Å². The van der Waals surface area contributed by atoms with E-state index >= 15 is 0 Å². The zero-order chi connectivity index (χ0) is 20.8. The average molecular weight is 429 g/mol. The normalized spacial score (nSPS) is 15.0. The second-order valence-electron chi connectivity index (χ2n) is 6.48. The van der Waals surface area contributed by atoms with Gasteiger partial charge >= 0.3 is 6.18 Å². The Balaban J connectivity index is 2.03. The van der Waals surface area contributed by atoms with Gasteiger partial charge in [-0.1, -0.05) is 11.3 Å². The molecule has 0 fully saturated rings. The summed E-state index contributed by atoms with van der Waals surface area (Å²) in [5.41, 5.74) is 2.36. The number of amides is 2. The maximum Gasteiger partial charge on any atom is 0.408 e. The third-order valence-corrected chi connectivity index (χ3v) is 6.39. The second-order valence-corrected chi connectivity index (χ2v) is 8.33. The molecule has 150 valence electrons. The van der Waals surface area contributed by atoms with E-state index in [1.165, 1.54) is 30.0 Å². The molecule has 3 rings (SSSR count). The molecule has 0 spiro atoms. The van der Waals surface area contributed by atoms with E-state index in [4.69, 9.17) is 0 Å². The largest absolute Gasteiger partial charge is 0.408 e. The van der Waals surface area contributed by atoms with Gasteiger partial charge < -0.3 is 10.2 Å². The molecule has 1 aliphatic rings. The highest BCUT2D eigenvalue weighted by Gasteiger charge is 2.45. The van der Waals surface area contributed by atoms with Crippen LogP contribution in [-0.2, 0) is 11.3 Å². The van der Waals surface area contributed by atoms with Crippen LogP contribution in [0, 0.1) is 6.92 Å². The summed E-state index contributed by atoms with van der Waals surface area (Å²) in [7, 11) is 0. The minimum absolute atomic E-state index is 0.0906. The number of aryl methyl sites for hydroxylation is 1. The molecule has 0 bridgehead atoms. The maximum atomic E-state index is 13.1. The predicted octanol–water partition coefficient (Wildman–Crippen LogP) is 4.71. The van der Waals surface area contributed by atoms with Crippen molar-refractivity contribution in [3.63, 3.8) is 0 Å². The molecule has 0 unspecified atom stereocenters. The number of nitrogens with one attached hydrogen (secondary N) is 1. The molecular weight excluding hydrogens is 411 g/mol. The lowest BCUT2D eigenvalue weighted by Crippen LogP contribution is -2.43. The van der Waals surface area contributed by atoms with Crippen molar-refractivity contribution in [1.82, 2.24) is 9.88 Å². The summed E-state index contributed by atoms with van der Waals surface area (Å²) in [6.45, 7) is 4.09. The Labute approximate surface area is 168 Å². The lowest BCUT2D eigenvalue weighted by Gasteiger charge is -2.26. The quantitative estimate of drug-likeness (QED) is 0.716. The second kappa shape index (κ2) is 7.40. The highest BCUT2D eigenvalue weighted by atomic mass is 32.2. The van der Waals surface area contributed by atoms with Crippen LogP contribution in [0.1, 0.15) is 35.5 Å². The number of anilines is 1. The van der Waals surface area contributed by atoms with Gasteiger partial charge in [0.05, 0.1) is 16.1 Å². The highest BCUT2D eigenvalue weighted by Crippen LogP contribution is 2.41. The average Bonchev–Trinajstić information content (AvgIpc) is 3.12. The molecule has 1 aliphatic heterocycles. The van der Waals surface area contributed by atoms with Gasteiger partial charge in [-0.15, -0.1) is 11.8 Å². The number of nitrogens with zero attached hydrogens (tertiary/aromatic N) is 2. The van der Waals surface area contributed by atoms with Crippen LogP contribution in [0.4, 0.5) is 18.3 Å². The van der Waals surface area contributed by atoms with Crippen molar-refractivity contribution in [2.24, 2.45) is 0 Å². The summed E-state index contributed by atoms with van der Waals surface area (Å²) >= 11 is 2.60. The lowest BCUT2D eigenvalue weighted by atomic mass is 10.0. The van der Waals surface area contributed by atoms with Crippen molar-refractivity contribution in [2.45, 2.75) is 44.4 Å². The SMILES string of the molecule is CSc1cc(-c2sc(NC(C)=O)nc2C)cc2c1C(=O)N([C@@H](C)C(F)(F)F)C2. The predicted molar refractivity (Wildman–Crippen MR) is 104 cm³/mol. The van der Waals surface area contributed by atoms with Crippen LogP contribution in [0.3, 0.4) is 0 Å². The Morgan fingerprint density at radius 1 is 1.39 bits per heavy atom. The van der Waals surface area contributed by atoms with Crippen LogP contribution in [0.15, 0.2) is 17.0 Å². The fourth-order valence-corrected chi connectivity index (χ4v) is 4.76. The summed E-state index contributed by atoms with van der Waals surface area (Å²) in [6.07, 6.45) is -2.70. The van der Waals surface area contributed by atoms with Gasteiger partial charge in [0, 0.05) is 18.4 Å². The molecule has 0 aliphatic carbocycles. The molecular formula is C18H18F3N3O2S2. The first-order valence-corrected chi connectivity index (χ1v) is 10.4. The number of hydrogen-bond donors (Lipinski definition) is 1. The minimum atomic E-state index is -4.48. The molecule has 2 aromatic rings. The zero-order valence-corrected chi connectivity index (χ0v) is 17.2. The molecule has 1 aromatic heterocycles. The van der Waals surface area contributed by atoms with E-state index < -0.39 is 18.1 Å². The molecule has 2 heterocycles. The van der Waals surface area contributed by atoms with Crippen molar-refractivity contribution in [2.75, 3.05) is 11.6 Å². The number of aromatic nitrogens is 1. The summed E-state index contributed by atoms with van der Waals surface area (Å²) < 4.78 is 39.4. The molecule has 5 nitrogen and oxygen atoms in total. The Bertz CT molecular complexity index is 956. The number of carbonyl (C=O) groups excluding carboxylic acids is 2. The molecule has 1 aromatic carbocycles. The van der Waals surface area contributed by atoms with E-state index in [0.29, 0.717) is 26.8 Å². The lowest BCUT2D eigenvalue weighted by molar-refractivity contribution is -0.172. The molecule has 1 N–H and O–H groups in total. The molecule has 2 amide bonds. The standard InChI is InChI=1S/C18H18F3N3O2S2/c1-8-15(28-17(22-8)23-10(3)25)11-5-12-7-24(9(2)18(19,20)21)16(26)14(12)13(6-11)27-4/h5-6,9H,7H2,1-4H3,(H,22,23,25)/t9-/m0/s1. The molecule has 0 saturated heterocycles. The number of hydrogen-bond acceptors (Lipinski definition) is 5. The van der Waals surface area contributed by atoms with Gasteiger partial charge in [-0.25, -0.2) is 4.98 Å². The van der Waals surface area contributed by atoms with E-state index in [9.17, 15) is 22.8 Å². The number of benzene rings is 1. The summed E-state index contributed by atoms with van der Waals surface area (Å²) in [6, 6.07) is 1.68. The van der Waals surface area contributed by atoms with Gasteiger partial charge in [-0.05, 0) is 43.4 Å². The van der Waals surface area contributed by atoms with E-state index in [1.807, 2.05) is 0 Å². The molecule has 0 radical (unpaired) electrons. The Kier molecular flexibility index (Phi) is 5.46. The first kappa shape index (κ1) is 20.7. The smallest absolute Gasteiger partial charge is 0.322 e. The molecule has 0 saturated carbocycles. The third-order valence-electron chi connectivity index (χ3n) is 4.50. The maximum absolute atomic E-state index is 13.1. The molecule has 28 heavy (non-hydrogen) atoms. The monoisotopic (exact) mass is 429 g/mol. The van der Waals surface area contributed by atoms with E-state index in [2.05, 4.69) is 10.3 Å². The number of rotatable bonds is 4. The number of thioether (sulfide) groups is 1. The Morgan fingerprint density at radius 2 is 2.07 bits per heavy atom. The number of alkyl halides is 3. The fraction of sp³-hybridized carbons (Fsp3) is 0.389. The zero-order valence-electron chi connectivity index (χ0n) is 15.6. The Morgan fingerprint density at radius 3 is 2.64 bits per heavy atom. The summed E-state index contributed by atoms with van der Waals surface area (Å²) in [4.78, 5) is 30.5. The summed E-state index contributed by atoms with van der Waals surface area (Å²) in [5.74, 6) is -0.836. The van der Waals surface area contributed by atoms with Gasteiger partial charge in [0.1, 0.15) is 6.04 Å². The van der Waals surface area contributed by atoms with Crippen molar-refractivity contribution < 1.29 is 22.8 Å². The minimum Gasteiger partial charge on any atom is -0.322 e. The third kappa shape index (κ3) is 3.75. The van der Waals surface area contributed by atoms with Gasteiger partial charge in [0.15, 0.2) is 5.13 Å². The van der Waals surface area contributed by atoms with E-state index in [-0.39, 0.29) is 12.5 Å². The van der Waals surface area contributed by atoms with Crippen molar-refractivity contribution in [3.05, 3.63) is 29.0 Å². The van der Waals surface area contributed by atoms with Gasteiger partial charge in [0.25, 0.3) is 5.91 Å². The van der Waals surface area contributed by atoms with Crippen LogP contribution in [0.2, 0.25) is 0 Å². The Hall–Kier alpha value is -2.07. The number of carbonyl (C=O) groups is 2. The van der Waals surface area contributed by atoms with Crippen molar-refractivity contribution >= 4 is 40.0 Å². The van der Waals surface area contributed by atoms with Crippen LogP contribution in [0.5, 0.6) is 0 Å². The topological polar surface area (TPSA) is 62.3 Å². The van der Waals surface area contributed by atoms with E-state index in [0.717, 1.165) is 22.3 Å². The number of thiazole rings is 1. The first-order valence-electron chi connectivity index (χ1n) is 8.37. The van der Waals surface area contributed by atoms with Crippen LogP contribution < -0.4 is 5.32 Å². The number of halogens is 3. The van der Waals surface area contributed by atoms with Gasteiger partial charge in [0.2, 0.25) is 5.91 Å². The van der Waals surface area contributed by atoms with Crippen LogP contribution in [-0.4, -0.2) is 40.2 Å². The fourth-order valence-electron chi connectivity index (χ4n) is 3.09.